The van der Waals surface area contributed by atoms with Crippen molar-refractivity contribution >= 4 is 23.0 Å². The van der Waals surface area contributed by atoms with Gasteiger partial charge in [0.2, 0.25) is 5.91 Å². The molecule has 186 valence electrons. The van der Waals surface area contributed by atoms with Crippen molar-refractivity contribution in [2.24, 2.45) is 11.8 Å². The molecule has 5 rings (SSSR count). The minimum Gasteiger partial charge on any atom is -0.465 e. The summed E-state index contributed by atoms with van der Waals surface area (Å²) < 4.78 is 0. The maximum Gasteiger partial charge on any atom is 0.404 e. The zero-order valence-electron chi connectivity index (χ0n) is 19.9. The average molecular weight is 487 g/mol. The first kappa shape index (κ1) is 23.6. The van der Waals surface area contributed by atoms with E-state index in [-0.39, 0.29) is 23.8 Å². The summed E-state index contributed by atoms with van der Waals surface area (Å²) in [4.78, 5) is 40.0. The summed E-state index contributed by atoms with van der Waals surface area (Å²) >= 11 is 0. The molecule has 2 heterocycles. The van der Waals surface area contributed by atoms with Crippen molar-refractivity contribution in [1.29, 1.82) is 0 Å². The van der Waals surface area contributed by atoms with Crippen LogP contribution < -0.4 is 10.6 Å². The molecule has 9 nitrogen and oxygen atoms in total. The third-order valence-electron chi connectivity index (χ3n) is 6.92. The molecule has 5 N–H and O–H groups in total. The molecule has 0 spiro atoms. The molecule has 1 atom stereocenters. The van der Waals surface area contributed by atoms with Gasteiger partial charge < -0.3 is 25.7 Å². The number of aromatic amines is 2. The number of nitrogens with zero attached hydrogens (tertiary/aromatic N) is 2. The Morgan fingerprint density at radius 2 is 1.75 bits per heavy atom. The number of carbonyl (C=O) groups is 2. The highest BCUT2D eigenvalue weighted by atomic mass is 16.4. The fraction of sp³-hybridized carbons (Fsp3) is 0.333. The Kier molecular flexibility index (Phi) is 6.97. The zero-order valence-corrected chi connectivity index (χ0v) is 19.9. The number of aromatic nitrogens is 4. The molecule has 1 saturated carbocycles. The number of hydrogen-bond donors (Lipinski definition) is 5. The van der Waals surface area contributed by atoms with Crippen molar-refractivity contribution in [3.05, 3.63) is 72.2 Å². The lowest BCUT2D eigenvalue weighted by atomic mass is 9.81. The van der Waals surface area contributed by atoms with E-state index < -0.39 is 6.09 Å². The van der Waals surface area contributed by atoms with E-state index in [0.717, 1.165) is 42.3 Å². The summed E-state index contributed by atoms with van der Waals surface area (Å²) in [6, 6.07) is 17.6. The Bertz CT molecular complexity index is 1290. The van der Waals surface area contributed by atoms with E-state index >= 15 is 0 Å². The van der Waals surface area contributed by atoms with Crippen molar-refractivity contribution in [2.45, 2.75) is 38.1 Å². The number of H-pyrrole nitrogens is 2. The third kappa shape index (κ3) is 5.56. The Balaban J connectivity index is 1.30. The number of amides is 2. The Labute approximate surface area is 208 Å². The van der Waals surface area contributed by atoms with Gasteiger partial charge in [-0.1, -0.05) is 42.5 Å². The molecule has 0 radical (unpaired) electrons. The van der Waals surface area contributed by atoms with Gasteiger partial charge in [-0.25, -0.2) is 14.8 Å². The van der Waals surface area contributed by atoms with E-state index in [1.807, 2.05) is 60.8 Å². The van der Waals surface area contributed by atoms with Crippen molar-refractivity contribution in [2.75, 3.05) is 6.54 Å². The molecule has 36 heavy (non-hydrogen) atoms. The largest absolute Gasteiger partial charge is 0.465 e. The monoisotopic (exact) mass is 486 g/mol. The number of rotatable bonds is 8. The smallest absolute Gasteiger partial charge is 0.404 e. The number of hydrogen-bond acceptors (Lipinski definition) is 4. The highest BCUT2D eigenvalue weighted by molar-refractivity contribution is 5.79. The fourth-order valence-electron chi connectivity index (χ4n) is 4.93. The van der Waals surface area contributed by atoms with Crippen LogP contribution in [0.3, 0.4) is 0 Å². The van der Waals surface area contributed by atoms with E-state index in [2.05, 4.69) is 25.6 Å². The lowest BCUT2D eigenvalue weighted by Gasteiger charge is -2.29. The molecular weight excluding hydrogens is 456 g/mol. The second-order valence-electron chi connectivity index (χ2n) is 9.43. The van der Waals surface area contributed by atoms with Crippen LogP contribution >= 0.6 is 0 Å². The van der Waals surface area contributed by atoms with Crippen molar-refractivity contribution in [1.82, 2.24) is 30.6 Å². The van der Waals surface area contributed by atoms with Crippen LogP contribution in [0.5, 0.6) is 0 Å². The molecule has 1 aliphatic carbocycles. The van der Waals surface area contributed by atoms with Gasteiger partial charge in [0.15, 0.2) is 5.82 Å². The van der Waals surface area contributed by atoms with Gasteiger partial charge in [0.05, 0.1) is 17.1 Å². The summed E-state index contributed by atoms with van der Waals surface area (Å²) in [5.74, 6) is 1.57. The van der Waals surface area contributed by atoms with Crippen LogP contribution in [-0.2, 0) is 11.2 Å². The van der Waals surface area contributed by atoms with E-state index in [4.69, 9.17) is 10.1 Å². The SMILES string of the molecule is O=C(O)NCC1CCC(C(=O)N[C@@H](Cc2ccccc2)c2nc(-c3nc4ccccc4[nH]3)c[nH]2)CC1. The second kappa shape index (κ2) is 10.6. The molecule has 2 aromatic carbocycles. The summed E-state index contributed by atoms with van der Waals surface area (Å²) in [5, 5.41) is 14.5. The van der Waals surface area contributed by atoms with Crippen LogP contribution in [0.4, 0.5) is 4.79 Å². The molecule has 0 bridgehead atoms. The van der Waals surface area contributed by atoms with Crippen LogP contribution in [0, 0.1) is 11.8 Å². The van der Waals surface area contributed by atoms with Crippen LogP contribution in [0.2, 0.25) is 0 Å². The topological polar surface area (TPSA) is 136 Å². The van der Waals surface area contributed by atoms with Crippen LogP contribution in [-0.4, -0.2) is 43.6 Å². The van der Waals surface area contributed by atoms with Gasteiger partial charge in [-0.3, -0.25) is 4.79 Å². The molecule has 1 fully saturated rings. The van der Waals surface area contributed by atoms with Crippen LogP contribution in [0.25, 0.3) is 22.6 Å². The predicted molar refractivity (Wildman–Crippen MR) is 136 cm³/mol. The van der Waals surface area contributed by atoms with E-state index in [1.165, 1.54) is 0 Å². The molecule has 4 aromatic rings. The lowest BCUT2D eigenvalue weighted by Crippen LogP contribution is -2.38. The minimum absolute atomic E-state index is 0.0160. The second-order valence-corrected chi connectivity index (χ2v) is 9.43. The average Bonchev–Trinajstić information content (AvgIpc) is 3.55. The van der Waals surface area contributed by atoms with E-state index in [1.54, 1.807) is 0 Å². The fourth-order valence-corrected chi connectivity index (χ4v) is 4.93. The van der Waals surface area contributed by atoms with Crippen molar-refractivity contribution in [3.8, 4) is 11.5 Å². The normalized spacial score (nSPS) is 18.6. The predicted octanol–water partition coefficient (Wildman–Crippen LogP) is 4.43. The van der Waals surface area contributed by atoms with Gasteiger partial charge in [-0.2, -0.15) is 0 Å². The third-order valence-corrected chi connectivity index (χ3v) is 6.92. The number of fused-ring (bicyclic) bond motifs is 1. The van der Waals surface area contributed by atoms with Gasteiger partial charge in [0, 0.05) is 18.7 Å². The minimum atomic E-state index is -1.00. The zero-order chi connectivity index (χ0) is 24.9. The van der Waals surface area contributed by atoms with Crippen LogP contribution in [0.15, 0.2) is 60.8 Å². The van der Waals surface area contributed by atoms with E-state index in [9.17, 15) is 9.59 Å². The van der Waals surface area contributed by atoms with Gasteiger partial charge in [-0.15, -0.1) is 0 Å². The number of imidazole rings is 2. The maximum atomic E-state index is 13.3. The molecule has 2 amide bonds. The molecule has 0 unspecified atom stereocenters. The molecule has 1 aliphatic rings. The first-order chi connectivity index (χ1) is 17.5. The van der Waals surface area contributed by atoms with Crippen molar-refractivity contribution in [3.63, 3.8) is 0 Å². The van der Waals surface area contributed by atoms with E-state index in [0.29, 0.717) is 30.3 Å². The molecular formula is C27H30N6O3. The number of benzene rings is 2. The summed E-state index contributed by atoms with van der Waals surface area (Å²) in [7, 11) is 0. The highest BCUT2D eigenvalue weighted by Gasteiger charge is 2.29. The lowest BCUT2D eigenvalue weighted by molar-refractivity contribution is -0.127. The number of nitrogens with one attached hydrogen (secondary N) is 4. The number of para-hydroxylation sites is 2. The molecule has 0 aliphatic heterocycles. The summed E-state index contributed by atoms with van der Waals surface area (Å²) in [6.07, 6.45) is 4.59. The van der Waals surface area contributed by atoms with Crippen molar-refractivity contribution < 1.29 is 14.7 Å². The van der Waals surface area contributed by atoms with Crippen LogP contribution in [0.1, 0.15) is 43.1 Å². The first-order valence-electron chi connectivity index (χ1n) is 12.4. The molecule has 0 saturated heterocycles. The summed E-state index contributed by atoms with van der Waals surface area (Å²) in [6.45, 7) is 0.442. The van der Waals surface area contributed by atoms with Gasteiger partial charge >= 0.3 is 6.09 Å². The summed E-state index contributed by atoms with van der Waals surface area (Å²) in [5.41, 5.74) is 3.62. The number of carboxylic acid groups (broad SMARTS) is 1. The Hall–Kier alpha value is -4.14. The Morgan fingerprint density at radius 1 is 1.00 bits per heavy atom. The molecule has 2 aromatic heterocycles. The van der Waals surface area contributed by atoms with Gasteiger partial charge in [0.25, 0.3) is 0 Å². The number of carbonyl (C=O) groups excluding carboxylic acids is 1. The highest BCUT2D eigenvalue weighted by Crippen LogP contribution is 2.30. The van der Waals surface area contributed by atoms with Gasteiger partial charge in [-0.05, 0) is 55.7 Å². The van der Waals surface area contributed by atoms with Gasteiger partial charge in [0.1, 0.15) is 11.5 Å². The Morgan fingerprint density at radius 3 is 2.50 bits per heavy atom. The first-order valence-corrected chi connectivity index (χ1v) is 12.4. The molecule has 9 heteroatoms. The quantitative estimate of drug-likeness (QED) is 0.251. The standard InChI is InChI=1S/C27H30N6O3/c34-26(19-12-10-18(11-13-19)15-29-27(35)36)33-22(14-17-6-2-1-3-7-17)24-28-16-23(32-24)25-30-20-8-4-5-9-21(20)31-25/h1-9,16,18-19,22,29H,10-15H2,(H,28,32)(H,30,31)(H,33,34)(H,35,36)/t18?,19?,22-/m0/s1. The maximum absolute atomic E-state index is 13.3.